The predicted octanol–water partition coefficient (Wildman–Crippen LogP) is 3.60. The SMILES string of the molecule is CC(=O)C1=C(C)OC(C)=C[C@]12Nc1cc(C)c(C)cc1O2. The summed E-state index contributed by atoms with van der Waals surface area (Å²) in [5, 5.41) is 3.35. The van der Waals surface area contributed by atoms with Gasteiger partial charge >= 0.3 is 0 Å². The third-order valence-corrected chi connectivity index (χ3v) is 3.98. The Bertz CT molecular complexity index is 682. The van der Waals surface area contributed by atoms with Crippen molar-refractivity contribution in [2.75, 3.05) is 5.32 Å². The zero-order chi connectivity index (χ0) is 15.4. The molecule has 1 aromatic rings. The average molecular weight is 285 g/mol. The maximum absolute atomic E-state index is 12.1. The van der Waals surface area contributed by atoms with E-state index in [4.69, 9.17) is 9.47 Å². The predicted molar refractivity (Wildman–Crippen MR) is 81.1 cm³/mol. The number of rotatable bonds is 1. The van der Waals surface area contributed by atoms with Crippen LogP contribution in [0.2, 0.25) is 0 Å². The van der Waals surface area contributed by atoms with Crippen LogP contribution in [-0.4, -0.2) is 11.5 Å². The number of benzene rings is 1. The molecule has 0 aliphatic carbocycles. The normalized spacial score (nSPS) is 23.2. The lowest BCUT2D eigenvalue weighted by Crippen LogP contribution is -2.45. The zero-order valence-corrected chi connectivity index (χ0v) is 13.0. The van der Waals surface area contributed by atoms with Crippen LogP contribution in [0.25, 0.3) is 0 Å². The van der Waals surface area contributed by atoms with Gasteiger partial charge in [-0.2, -0.15) is 0 Å². The summed E-state index contributed by atoms with van der Waals surface area (Å²) in [6, 6.07) is 4.04. The van der Waals surface area contributed by atoms with Crippen LogP contribution in [0.3, 0.4) is 0 Å². The number of fused-ring (bicyclic) bond motifs is 1. The molecule has 0 fully saturated rings. The van der Waals surface area contributed by atoms with Crippen LogP contribution in [0.5, 0.6) is 5.75 Å². The van der Waals surface area contributed by atoms with Crippen LogP contribution in [0.15, 0.2) is 35.3 Å². The molecule has 1 N–H and O–H groups in total. The quantitative estimate of drug-likeness (QED) is 0.856. The van der Waals surface area contributed by atoms with Crippen LogP contribution in [0.4, 0.5) is 5.69 Å². The molecule has 1 aromatic carbocycles. The molecule has 4 heteroatoms. The van der Waals surface area contributed by atoms with Crippen LogP contribution in [0, 0.1) is 13.8 Å². The van der Waals surface area contributed by atoms with Gasteiger partial charge in [0.05, 0.1) is 5.69 Å². The van der Waals surface area contributed by atoms with Gasteiger partial charge in [0, 0.05) is 6.08 Å². The number of allylic oxidation sites excluding steroid dienone is 2. The Morgan fingerprint density at radius 3 is 2.48 bits per heavy atom. The van der Waals surface area contributed by atoms with Crippen molar-refractivity contribution in [3.8, 4) is 5.75 Å². The molecule has 0 saturated heterocycles. The number of hydrogen-bond acceptors (Lipinski definition) is 4. The average Bonchev–Trinajstić information content (AvgIpc) is 2.64. The topological polar surface area (TPSA) is 47.6 Å². The molecule has 110 valence electrons. The first kappa shape index (κ1) is 13.7. The van der Waals surface area contributed by atoms with Gasteiger partial charge < -0.3 is 14.8 Å². The van der Waals surface area contributed by atoms with Crippen molar-refractivity contribution < 1.29 is 14.3 Å². The first-order chi connectivity index (χ1) is 9.82. The molecule has 0 unspecified atom stereocenters. The van der Waals surface area contributed by atoms with E-state index in [2.05, 4.69) is 12.2 Å². The summed E-state index contributed by atoms with van der Waals surface area (Å²) in [6.07, 6.45) is 1.82. The lowest BCUT2D eigenvalue weighted by atomic mass is 9.95. The first-order valence-electron chi connectivity index (χ1n) is 7.00. The van der Waals surface area contributed by atoms with Crippen molar-refractivity contribution in [3.05, 3.63) is 46.4 Å². The highest BCUT2D eigenvalue weighted by Gasteiger charge is 2.46. The van der Waals surface area contributed by atoms with Gasteiger partial charge in [-0.3, -0.25) is 4.79 Å². The molecule has 1 atom stereocenters. The lowest BCUT2D eigenvalue weighted by Gasteiger charge is -2.32. The molecule has 0 saturated carbocycles. The summed E-state index contributed by atoms with van der Waals surface area (Å²) in [4.78, 5) is 12.1. The van der Waals surface area contributed by atoms with E-state index in [0.29, 0.717) is 17.1 Å². The second kappa shape index (κ2) is 4.38. The highest BCUT2D eigenvalue weighted by atomic mass is 16.5. The minimum Gasteiger partial charge on any atom is -0.466 e. The van der Waals surface area contributed by atoms with Crippen molar-refractivity contribution in [1.82, 2.24) is 0 Å². The van der Waals surface area contributed by atoms with Crippen molar-refractivity contribution in [2.24, 2.45) is 0 Å². The highest BCUT2D eigenvalue weighted by molar-refractivity contribution is 5.98. The summed E-state index contributed by atoms with van der Waals surface area (Å²) in [7, 11) is 0. The molecule has 2 aliphatic heterocycles. The molecular formula is C17H19NO3. The molecule has 0 amide bonds. The van der Waals surface area contributed by atoms with Gasteiger partial charge in [0.1, 0.15) is 22.8 Å². The van der Waals surface area contributed by atoms with Gasteiger partial charge in [-0.05, 0) is 57.9 Å². The molecule has 1 spiro atoms. The number of Topliss-reactive ketones (excluding diaryl/α,β-unsaturated/α-hetero) is 1. The van der Waals surface area contributed by atoms with E-state index in [0.717, 1.165) is 17.0 Å². The monoisotopic (exact) mass is 285 g/mol. The Morgan fingerprint density at radius 2 is 1.81 bits per heavy atom. The maximum atomic E-state index is 12.1. The minimum atomic E-state index is -0.958. The second-order valence-corrected chi connectivity index (χ2v) is 5.74. The maximum Gasteiger partial charge on any atom is 0.237 e. The molecule has 2 heterocycles. The number of hydrogen-bond donors (Lipinski definition) is 1. The van der Waals surface area contributed by atoms with Crippen molar-refractivity contribution in [1.29, 1.82) is 0 Å². The first-order valence-corrected chi connectivity index (χ1v) is 7.00. The van der Waals surface area contributed by atoms with Gasteiger partial charge in [0.15, 0.2) is 5.78 Å². The third-order valence-electron chi connectivity index (χ3n) is 3.98. The van der Waals surface area contributed by atoms with Crippen molar-refractivity contribution in [3.63, 3.8) is 0 Å². The summed E-state index contributed by atoms with van der Waals surface area (Å²) in [5.74, 6) is 1.99. The van der Waals surface area contributed by atoms with Gasteiger partial charge in [0.2, 0.25) is 5.72 Å². The highest BCUT2D eigenvalue weighted by Crippen LogP contribution is 2.45. The van der Waals surface area contributed by atoms with Gasteiger partial charge in [0.25, 0.3) is 0 Å². The fourth-order valence-electron chi connectivity index (χ4n) is 3.00. The number of aryl methyl sites for hydroxylation is 2. The molecule has 0 aromatic heterocycles. The Morgan fingerprint density at radius 1 is 1.14 bits per heavy atom. The molecule has 2 aliphatic rings. The van der Waals surface area contributed by atoms with Crippen LogP contribution < -0.4 is 10.1 Å². The summed E-state index contributed by atoms with van der Waals surface area (Å²) in [6.45, 7) is 9.28. The third kappa shape index (κ3) is 2.02. The Kier molecular flexibility index (Phi) is 2.87. The number of anilines is 1. The van der Waals surface area contributed by atoms with Gasteiger partial charge in [-0.1, -0.05) is 0 Å². The fraction of sp³-hybridized carbons (Fsp3) is 0.353. The zero-order valence-electron chi connectivity index (χ0n) is 13.0. The van der Waals surface area contributed by atoms with E-state index < -0.39 is 5.72 Å². The number of ketones is 1. The standard InChI is InChI=1S/C17H19NO3/c1-9-6-14-15(7-10(9)2)21-17(18-14)8-11(3)20-13(5)16(17)12(4)19/h6-8,18H,1-5H3/t17-/m1/s1. The summed E-state index contributed by atoms with van der Waals surface area (Å²) in [5.41, 5.74) is 2.79. The molecule has 3 rings (SSSR count). The molecule has 21 heavy (non-hydrogen) atoms. The van der Waals surface area contributed by atoms with E-state index >= 15 is 0 Å². The molecule has 0 bridgehead atoms. The smallest absolute Gasteiger partial charge is 0.237 e. The van der Waals surface area contributed by atoms with Crippen LogP contribution in [-0.2, 0) is 9.53 Å². The lowest BCUT2D eigenvalue weighted by molar-refractivity contribution is -0.115. The van der Waals surface area contributed by atoms with E-state index in [1.807, 2.05) is 32.1 Å². The van der Waals surface area contributed by atoms with Crippen LogP contribution in [0.1, 0.15) is 31.9 Å². The number of ether oxygens (including phenoxy) is 2. The largest absolute Gasteiger partial charge is 0.466 e. The summed E-state index contributed by atoms with van der Waals surface area (Å²) >= 11 is 0. The minimum absolute atomic E-state index is 0.0648. The van der Waals surface area contributed by atoms with Gasteiger partial charge in [-0.15, -0.1) is 0 Å². The van der Waals surface area contributed by atoms with Gasteiger partial charge in [-0.25, -0.2) is 0 Å². The Labute approximate surface area is 124 Å². The van der Waals surface area contributed by atoms with E-state index in [1.165, 1.54) is 12.5 Å². The van der Waals surface area contributed by atoms with E-state index in [-0.39, 0.29) is 5.78 Å². The van der Waals surface area contributed by atoms with E-state index in [9.17, 15) is 4.79 Å². The number of carbonyl (C=O) groups excluding carboxylic acids is 1. The van der Waals surface area contributed by atoms with Crippen molar-refractivity contribution in [2.45, 2.75) is 40.3 Å². The second-order valence-electron chi connectivity index (χ2n) is 5.74. The summed E-state index contributed by atoms with van der Waals surface area (Å²) < 4.78 is 11.7. The molecule has 0 radical (unpaired) electrons. The van der Waals surface area contributed by atoms with Crippen LogP contribution >= 0.6 is 0 Å². The Balaban J connectivity index is 2.14. The fourth-order valence-corrected chi connectivity index (χ4v) is 3.00. The molecule has 4 nitrogen and oxygen atoms in total. The molecular weight excluding hydrogens is 266 g/mol. The Hall–Kier alpha value is -2.23. The number of nitrogens with one attached hydrogen (secondary N) is 1. The number of carbonyl (C=O) groups is 1. The van der Waals surface area contributed by atoms with Crippen molar-refractivity contribution >= 4 is 11.5 Å². The van der Waals surface area contributed by atoms with E-state index in [1.54, 1.807) is 6.92 Å².